The van der Waals surface area contributed by atoms with Gasteiger partial charge in [-0.25, -0.2) is 0 Å². The molecule has 1 aromatic heterocycles. The van der Waals surface area contributed by atoms with Crippen LogP contribution in [0.4, 0.5) is 0 Å². The number of nitrogens with one attached hydrogen (secondary N) is 1. The van der Waals surface area contributed by atoms with Gasteiger partial charge in [-0.3, -0.25) is 9.69 Å². The van der Waals surface area contributed by atoms with E-state index in [2.05, 4.69) is 32.2 Å². The second-order valence-electron chi connectivity index (χ2n) is 8.19. The van der Waals surface area contributed by atoms with Gasteiger partial charge in [-0.1, -0.05) is 26.8 Å². The van der Waals surface area contributed by atoms with Crippen LogP contribution in [0.15, 0.2) is 29.6 Å². The summed E-state index contributed by atoms with van der Waals surface area (Å²) in [5.74, 6) is 1.44. The minimum Gasteiger partial charge on any atom is -0.493 e. The third-order valence-electron chi connectivity index (χ3n) is 4.69. The molecule has 0 aliphatic rings. The van der Waals surface area contributed by atoms with Gasteiger partial charge in [-0.05, 0) is 54.1 Å². The number of nitrogens with zero attached hydrogens (tertiary/aromatic N) is 1. The fourth-order valence-electron chi connectivity index (χ4n) is 3.16. The van der Waals surface area contributed by atoms with E-state index in [1.165, 1.54) is 4.88 Å². The summed E-state index contributed by atoms with van der Waals surface area (Å²) in [5, 5.41) is 5.26. The molecule has 0 radical (unpaired) electrons. The fraction of sp³-hybridized carbons (Fsp3) is 0.500. The molecule has 1 N–H and O–H groups in total. The van der Waals surface area contributed by atoms with Crippen LogP contribution in [0.3, 0.4) is 0 Å². The molecule has 5 nitrogen and oxygen atoms in total. The SMILES string of the molecule is COc1cc(C)c(CN(C)CC(=O)NC(c2cccs2)C(C)(C)C)cc1OC. The van der Waals surface area contributed by atoms with Crippen molar-refractivity contribution in [1.29, 1.82) is 0 Å². The summed E-state index contributed by atoms with van der Waals surface area (Å²) < 4.78 is 10.8. The van der Waals surface area contributed by atoms with Gasteiger partial charge in [0.2, 0.25) is 5.91 Å². The maximum atomic E-state index is 12.7. The van der Waals surface area contributed by atoms with E-state index < -0.39 is 0 Å². The summed E-state index contributed by atoms with van der Waals surface area (Å²) in [5.41, 5.74) is 2.16. The van der Waals surface area contributed by atoms with Crippen LogP contribution in [-0.2, 0) is 11.3 Å². The molecule has 154 valence electrons. The largest absolute Gasteiger partial charge is 0.493 e. The molecule has 0 fully saturated rings. The third kappa shape index (κ3) is 5.72. The number of hydrogen-bond donors (Lipinski definition) is 1. The van der Waals surface area contributed by atoms with Gasteiger partial charge in [-0.2, -0.15) is 0 Å². The molecule has 0 aliphatic carbocycles. The number of hydrogen-bond acceptors (Lipinski definition) is 5. The molecule has 0 spiro atoms. The maximum Gasteiger partial charge on any atom is 0.234 e. The van der Waals surface area contributed by atoms with Crippen LogP contribution in [0.1, 0.15) is 42.8 Å². The van der Waals surface area contributed by atoms with E-state index in [0.29, 0.717) is 24.6 Å². The van der Waals surface area contributed by atoms with Crippen LogP contribution in [0.5, 0.6) is 11.5 Å². The molecule has 1 aromatic carbocycles. The van der Waals surface area contributed by atoms with Crippen molar-refractivity contribution in [2.24, 2.45) is 5.41 Å². The Balaban J connectivity index is 2.04. The average molecular weight is 405 g/mol. The highest BCUT2D eigenvalue weighted by Gasteiger charge is 2.28. The van der Waals surface area contributed by atoms with Crippen molar-refractivity contribution >= 4 is 17.2 Å². The Morgan fingerprint density at radius 2 is 1.86 bits per heavy atom. The highest BCUT2D eigenvalue weighted by molar-refractivity contribution is 7.10. The summed E-state index contributed by atoms with van der Waals surface area (Å²) in [6.45, 7) is 9.46. The molecule has 28 heavy (non-hydrogen) atoms. The molecule has 1 heterocycles. The minimum absolute atomic E-state index is 0.00350. The van der Waals surface area contributed by atoms with Crippen LogP contribution >= 0.6 is 11.3 Å². The highest BCUT2D eigenvalue weighted by atomic mass is 32.1. The standard InChI is InChI=1S/C22H32N2O3S/c1-15-11-17(26-6)18(27-7)12-16(15)13-24(5)14-20(25)23-21(22(2,3)4)19-9-8-10-28-19/h8-12,21H,13-14H2,1-7H3,(H,23,25). The Kier molecular flexibility index (Phi) is 7.49. The van der Waals surface area contributed by atoms with E-state index in [0.717, 1.165) is 11.1 Å². The number of likely N-dealkylation sites (N-methyl/N-ethyl adjacent to an activating group) is 1. The van der Waals surface area contributed by atoms with E-state index in [9.17, 15) is 4.79 Å². The van der Waals surface area contributed by atoms with Crippen molar-refractivity contribution in [3.63, 3.8) is 0 Å². The second kappa shape index (κ2) is 9.43. The molecular weight excluding hydrogens is 372 g/mol. The first-order valence-electron chi connectivity index (χ1n) is 9.38. The fourth-order valence-corrected chi connectivity index (χ4v) is 4.18. The number of aryl methyl sites for hydroxylation is 1. The summed E-state index contributed by atoms with van der Waals surface area (Å²) in [6, 6.07) is 8.05. The normalized spacial score (nSPS) is 12.7. The van der Waals surface area contributed by atoms with Crippen LogP contribution in [0.25, 0.3) is 0 Å². The first-order chi connectivity index (χ1) is 13.2. The quantitative estimate of drug-likeness (QED) is 0.708. The van der Waals surface area contributed by atoms with Crippen LogP contribution in [0, 0.1) is 12.3 Å². The predicted molar refractivity (Wildman–Crippen MR) is 115 cm³/mol. The molecule has 2 aromatic rings. The van der Waals surface area contributed by atoms with Gasteiger partial charge in [0.05, 0.1) is 26.8 Å². The number of carbonyl (C=O) groups is 1. The monoisotopic (exact) mass is 404 g/mol. The molecule has 1 amide bonds. The number of carbonyl (C=O) groups excluding carboxylic acids is 1. The Morgan fingerprint density at radius 3 is 2.39 bits per heavy atom. The van der Waals surface area contributed by atoms with Crippen LogP contribution < -0.4 is 14.8 Å². The average Bonchev–Trinajstić information content (AvgIpc) is 3.14. The van der Waals surface area contributed by atoms with Crippen molar-refractivity contribution in [1.82, 2.24) is 10.2 Å². The molecule has 0 bridgehead atoms. The summed E-state index contributed by atoms with van der Waals surface area (Å²) in [6.07, 6.45) is 0. The lowest BCUT2D eigenvalue weighted by molar-refractivity contribution is -0.123. The molecule has 1 atom stereocenters. The molecule has 0 saturated carbocycles. The number of methoxy groups -OCH3 is 2. The van der Waals surface area contributed by atoms with Crippen molar-refractivity contribution in [3.8, 4) is 11.5 Å². The number of benzene rings is 1. The van der Waals surface area contributed by atoms with E-state index in [4.69, 9.17) is 9.47 Å². The van der Waals surface area contributed by atoms with E-state index in [-0.39, 0.29) is 17.4 Å². The van der Waals surface area contributed by atoms with Gasteiger partial charge in [-0.15, -0.1) is 11.3 Å². The number of thiophene rings is 1. The van der Waals surface area contributed by atoms with Crippen LogP contribution in [-0.4, -0.2) is 38.6 Å². The van der Waals surface area contributed by atoms with Crippen molar-refractivity contribution < 1.29 is 14.3 Å². The highest BCUT2D eigenvalue weighted by Crippen LogP contribution is 2.35. The van der Waals surface area contributed by atoms with E-state index in [1.807, 2.05) is 42.5 Å². The molecule has 1 unspecified atom stereocenters. The molecule has 6 heteroatoms. The Labute approximate surface area is 172 Å². The van der Waals surface area contributed by atoms with Gasteiger partial charge >= 0.3 is 0 Å². The lowest BCUT2D eigenvalue weighted by Crippen LogP contribution is -2.41. The van der Waals surface area contributed by atoms with E-state index >= 15 is 0 Å². The van der Waals surface area contributed by atoms with E-state index in [1.54, 1.807) is 25.6 Å². The van der Waals surface area contributed by atoms with Crippen molar-refractivity contribution in [2.45, 2.75) is 40.3 Å². The smallest absolute Gasteiger partial charge is 0.234 e. The maximum absolute atomic E-state index is 12.7. The van der Waals surface area contributed by atoms with Gasteiger partial charge in [0.15, 0.2) is 11.5 Å². The molecule has 0 saturated heterocycles. The lowest BCUT2D eigenvalue weighted by Gasteiger charge is -2.31. The zero-order chi connectivity index (χ0) is 20.9. The predicted octanol–water partition coefficient (Wildman–Crippen LogP) is 4.41. The van der Waals surface area contributed by atoms with Gasteiger partial charge in [0.25, 0.3) is 0 Å². The zero-order valence-electron chi connectivity index (χ0n) is 18.0. The first kappa shape index (κ1) is 22.2. The lowest BCUT2D eigenvalue weighted by atomic mass is 9.85. The minimum atomic E-state index is -0.0565. The zero-order valence-corrected chi connectivity index (χ0v) is 18.8. The Morgan fingerprint density at radius 1 is 1.21 bits per heavy atom. The van der Waals surface area contributed by atoms with Gasteiger partial charge in [0.1, 0.15) is 0 Å². The van der Waals surface area contributed by atoms with Gasteiger partial charge in [0, 0.05) is 11.4 Å². The number of amides is 1. The first-order valence-corrected chi connectivity index (χ1v) is 10.3. The third-order valence-corrected chi connectivity index (χ3v) is 5.63. The van der Waals surface area contributed by atoms with Crippen molar-refractivity contribution in [2.75, 3.05) is 27.8 Å². The van der Waals surface area contributed by atoms with Crippen molar-refractivity contribution in [3.05, 3.63) is 45.6 Å². The molecule has 2 rings (SSSR count). The summed E-state index contributed by atoms with van der Waals surface area (Å²) in [7, 11) is 5.21. The number of rotatable bonds is 8. The summed E-state index contributed by atoms with van der Waals surface area (Å²) in [4.78, 5) is 15.9. The molecule has 0 aliphatic heterocycles. The number of ether oxygens (including phenoxy) is 2. The molecular formula is C22H32N2O3S. The second-order valence-corrected chi connectivity index (χ2v) is 9.17. The Hall–Kier alpha value is -2.05. The van der Waals surface area contributed by atoms with Gasteiger partial charge < -0.3 is 14.8 Å². The topological polar surface area (TPSA) is 50.8 Å². The summed E-state index contributed by atoms with van der Waals surface area (Å²) >= 11 is 1.68. The Bertz CT molecular complexity index is 782. The van der Waals surface area contributed by atoms with Crippen LogP contribution in [0.2, 0.25) is 0 Å².